The number of thioether (sulfide) groups is 1. The Hall–Kier alpha value is -2.87. The van der Waals surface area contributed by atoms with Gasteiger partial charge in [-0.05, 0) is 50.4 Å². The first-order chi connectivity index (χ1) is 12.1. The molecule has 7 nitrogen and oxygen atoms in total. The van der Waals surface area contributed by atoms with Crippen LogP contribution in [0.2, 0.25) is 0 Å². The van der Waals surface area contributed by atoms with Crippen LogP contribution in [-0.4, -0.2) is 31.7 Å². The van der Waals surface area contributed by atoms with Crippen LogP contribution in [0.5, 0.6) is 0 Å². The van der Waals surface area contributed by atoms with Crippen LogP contribution in [-0.2, 0) is 0 Å². The number of hydrogen-bond donors (Lipinski definition) is 2. The molecule has 8 heteroatoms. The van der Waals surface area contributed by atoms with E-state index in [9.17, 15) is 4.79 Å². The largest absolute Gasteiger partial charge is 0.295 e. The first-order valence-electron chi connectivity index (χ1n) is 7.63. The second-order valence-electron chi connectivity index (χ2n) is 5.38. The summed E-state index contributed by atoms with van der Waals surface area (Å²) in [5, 5.41) is 0.894. The zero-order chi connectivity index (χ0) is 17.8. The van der Waals surface area contributed by atoms with E-state index in [0.717, 1.165) is 22.2 Å². The van der Waals surface area contributed by atoms with Gasteiger partial charge in [0.2, 0.25) is 5.95 Å². The Morgan fingerprint density at radius 2 is 1.80 bits per heavy atom. The quantitative estimate of drug-likeness (QED) is 0.541. The second-order valence-corrected chi connectivity index (χ2v) is 6.16. The number of anilines is 1. The fraction of sp³-hybridized carbons (Fsp3) is 0.176. The van der Waals surface area contributed by atoms with Gasteiger partial charge in [0.15, 0.2) is 5.16 Å². The standard InChI is InChI=1S/C17H18N6OS/c1-11-10-12(2)20-16(19-11)22-21-15(24)13-4-6-14(7-5-13)23-9-8-18-17(23)25-3/h4-10H,1-3H3,(H,21,24)(H,19,20,22). The molecule has 0 bridgehead atoms. The molecule has 1 aromatic carbocycles. The number of hydrogen-bond acceptors (Lipinski definition) is 6. The van der Waals surface area contributed by atoms with E-state index >= 15 is 0 Å². The van der Waals surface area contributed by atoms with Gasteiger partial charge in [-0.1, -0.05) is 11.8 Å². The Balaban J connectivity index is 1.68. The predicted molar refractivity (Wildman–Crippen MR) is 97.9 cm³/mol. The number of nitrogens with zero attached hydrogens (tertiary/aromatic N) is 4. The van der Waals surface area contributed by atoms with E-state index in [1.807, 2.05) is 49.1 Å². The van der Waals surface area contributed by atoms with Gasteiger partial charge in [0.05, 0.1) is 0 Å². The average Bonchev–Trinajstić information content (AvgIpc) is 3.07. The van der Waals surface area contributed by atoms with Crippen LogP contribution in [0.3, 0.4) is 0 Å². The zero-order valence-electron chi connectivity index (χ0n) is 14.1. The lowest BCUT2D eigenvalue weighted by Gasteiger charge is -2.09. The molecule has 0 aliphatic heterocycles. The molecule has 1 amide bonds. The molecule has 0 aliphatic rings. The number of nitrogens with one attached hydrogen (secondary N) is 2. The summed E-state index contributed by atoms with van der Waals surface area (Å²) in [6.07, 6.45) is 5.61. The van der Waals surface area contributed by atoms with E-state index in [-0.39, 0.29) is 5.91 Å². The molecule has 0 aliphatic carbocycles. The van der Waals surface area contributed by atoms with E-state index in [0.29, 0.717) is 11.5 Å². The highest BCUT2D eigenvalue weighted by Crippen LogP contribution is 2.18. The molecule has 3 rings (SSSR count). The molecule has 0 saturated carbocycles. The first-order valence-corrected chi connectivity index (χ1v) is 8.85. The van der Waals surface area contributed by atoms with Gasteiger partial charge in [-0.25, -0.2) is 15.0 Å². The van der Waals surface area contributed by atoms with Crippen molar-refractivity contribution in [2.75, 3.05) is 11.7 Å². The molecule has 2 heterocycles. The highest BCUT2D eigenvalue weighted by Gasteiger charge is 2.08. The van der Waals surface area contributed by atoms with Crippen LogP contribution >= 0.6 is 11.8 Å². The molecule has 25 heavy (non-hydrogen) atoms. The molecule has 3 aromatic rings. The van der Waals surface area contributed by atoms with Gasteiger partial charge in [-0.3, -0.25) is 20.2 Å². The summed E-state index contributed by atoms with van der Waals surface area (Å²) in [7, 11) is 0. The molecular weight excluding hydrogens is 336 g/mol. The maximum absolute atomic E-state index is 12.3. The predicted octanol–water partition coefficient (Wildman–Crippen LogP) is 2.76. The first kappa shape index (κ1) is 17.0. The van der Waals surface area contributed by atoms with Crippen LogP contribution in [0.25, 0.3) is 5.69 Å². The second kappa shape index (κ2) is 7.35. The van der Waals surface area contributed by atoms with Gasteiger partial charge < -0.3 is 0 Å². The summed E-state index contributed by atoms with van der Waals surface area (Å²) in [6, 6.07) is 9.15. The van der Waals surface area contributed by atoms with E-state index in [1.165, 1.54) is 0 Å². The Morgan fingerprint density at radius 1 is 1.12 bits per heavy atom. The summed E-state index contributed by atoms with van der Waals surface area (Å²) in [5.74, 6) is 0.107. The molecule has 0 spiro atoms. The summed E-state index contributed by atoms with van der Waals surface area (Å²) < 4.78 is 1.97. The zero-order valence-corrected chi connectivity index (χ0v) is 15.0. The number of hydrazine groups is 1. The molecule has 128 valence electrons. The van der Waals surface area contributed by atoms with Crippen molar-refractivity contribution in [2.24, 2.45) is 0 Å². The lowest BCUT2D eigenvalue weighted by molar-refractivity contribution is 0.0962. The highest BCUT2D eigenvalue weighted by atomic mass is 32.2. The third-order valence-corrected chi connectivity index (χ3v) is 4.13. The lowest BCUT2D eigenvalue weighted by atomic mass is 10.2. The van der Waals surface area contributed by atoms with Crippen molar-refractivity contribution in [3.05, 3.63) is 59.7 Å². The summed E-state index contributed by atoms with van der Waals surface area (Å²) in [5.41, 5.74) is 8.50. The lowest BCUT2D eigenvalue weighted by Crippen LogP contribution is -2.30. The number of aryl methyl sites for hydroxylation is 2. The number of amides is 1. The third-order valence-electron chi connectivity index (χ3n) is 3.47. The molecule has 0 unspecified atom stereocenters. The SMILES string of the molecule is CSc1nccn1-c1ccc(C(=O)NNc2nc(C)cc(C)n2)cc1. The minimum absolute atomic E-state index is 0.259. The Morgan fingerprint density at radius 3 is 2.44 bits per heavy atom. The monoisotopic (exact) mass is 354 g/mol. The minimum Gasteiger partial charge on any atom is -0.295 e. The van der Waals surface area contributed by atoms with Crippen molar-refractivity contribution >= 4 is 23.6 Å². The number of rotatable bonds is 5. The molecule has 0 fully saturated rings. The number of benzene rings is 1. The van der Waals surface area contributed by atoms with E-state index in [4.69, 9.17) is 0 Å². The topological polar surface area (TPSA) is 84.7 Å². The molecule has 0 radical (unpaired) electrons. The average molecular weight is 354 g/mol. The van der Waals surface area contributed by atoms with Crippen molar-refractivity contribution in [3.63, 3.8) is 0 Å². The van der Waals surface area contributed by atoms with Gasteiger partial charge in [0, 0.05) is 35.0 Å². The summed E-state index contributed by atoms with van der Waals surface area (Å²) in [4.78, 5) is 25.0. The fourth-order valence-corrected chi connectivity index (χ4v) is 2.91. The number of carbonyl (C=O) groups is 1. The fourth-order valence-electron chi connectivity index (χ4n) is 2.38. The number of imidazole rings is 1. The molecule has 0 atom stereocenters. The van der Waals surface area contributed by atoms with Crippen molar-refractivity contribution < 1.29 is 4.79 Å². The van der Waals surface area contributed by atoms with Crippen molar-refractivity contribution in [1.29, 1.82) is 0 Å². The minimum atomic E-state index is -0.259. The van der Waals surface area contributed by atoms with Crippen LogP contribution in [0.4, 0.5) is 5.95 Å². The smallest absolute Gasteiger partial charge is 0.269 e. The third kappa shape index (κ3) is 3.97. The van der Waals surface area contributed by atoms with E-state index < -0.39 is 0 Å². The molecule has 2 N–H and O–H groups in total. The van der Waals surface area contributed by atoms with E-state index in [2.05, 4.69) is 25.8 Å². The summed E-state index contributed by atoms with van der Waals surface area (Å²) in [6.45, 7) is 3.75. The van der Waals surface area contributed by atoms with Gasteiger partial charge in [0.1, 0.15) is 0 Å². The van der Waals surface area contributed by atoms with Gasteiger partial charge in [-0.15, -0.1) is 0 Å². The van der Waals surface area contributed by atoms with Crippen LogP contribution in [0, 0.1) is 13.8 Å². The Kier molecular flexibility index (Phi) is 4.99. The van der Waals surface area contributed by atoms with Crippen LogP contribution in [0.15, 0.2) is 47.9 Å². The van der Waals surface area contributed by atoms with Gasteiger partial charge in [-0.2, -0.15) is 0 Å². The maximum Gasteiger partial charge on any atom is 0.269 e. The van der Waals surface area contributed by atoms with Crippen LogP contribution < -0.4 is 10.9 Å². The normalized spacial score (nSPS) is 10.5. The summed E-state index contributed by atoms with van der Waals surface area (Å²) >= 11 is 1.56. The van der Waals surface area contributed by atoms with Crippen LogP contribution in [0.1, 0.15) is 21.7 Å². The molecular formula is C17H18N6OS. The Labute approximate surface area is 149 Å². The number of carbonyl (C=O) groups excluding carboxylic acids is 1. The number of aromatic nitrogens is 4. The van der Waals surface area contributed by atoms with Gasteiger partial charge >= 0.3 is 0 Å². The van der Waals surface area contributed by atoms with E-state index in [1.54, 1.807) is 30.1 Å². The molecule has 0 saturated heterocycles. The maximum atomic E-state index is 12.3. The van der Waals surface area contributed by atoms with Gasteiger partial charge in [0.25, 0.3) is 5.91 Å². The molecule has 2 aromatic heterocycles. The Bertz CT molecular complexity index is 870. The highest BCUT2D eigenvalue weighted by molar-refractivity contribution is 7.98. The van der Waals surface area contributed by atoms with Crippen molar-refractivity contribution in [1.82, 2.24) is 24.9 Å². The van der Waals surface area contributed by atoms with Crippen molar-refractivity contribution in [2.45, 2.75) is 19.0 Å². The van der Waals surface area contributed by atoms with Crippen molar-refractivity contribution in [3.8, 4) is 5.69 Å².